The minimum atomic E-state index is 0.153. The molecule has 3 N–H and O–H groups in total. The molecule has 0 saturated heterocycles. The molecule has 1 aromatic rings. The Morgan fingerprint density at radius 2 is 2.00 bits per heavy atom. The zero-order valence-electron chi connectivity index (χ0n) is 9.66. The first kappa shape index (κ1) is 12.0. The summed E-state index contributed by atoms with van der Waals surface area (Å²) >= 11 is 0. The molecule has 0 saturated carbocycles. The van der Waals surface area contributed by atoms with Crippen molar-refractivity contribution >= 4 is 0 Å². The van der Waals surface area contributed by atoms with E-state index in [1.54, 1.807) is 0 Å². The molecular weight excluding hydrogens is 188 g/mol. The number of benzene rings is 1. The second-order valence-corrected chi connectivity index (χ2v) is 3.83. The van der Waals surface area contributed by atoms with Crippen molar-refractivity contribution < 1.29 is 4.74 Å². The molecule has 0 bridgehead atoms. The molecule has 0 spiro atoms. The molecule has 0 aliphatic rings. The Morgan fingerprint density at radius 3 is 2.53 bits per heavy atom. The summed E-state index contributed by atoms with van der Waals surface area (Å²) in [5.74, 6) is 6.42. The molecule has 0 aliphatic carbocycles. The molecule has 0 aromatic heterocycles. The highest BCUT2D eigenvalue weighted by Crippen LogP contribution is 2.27. The normalized spacial score (nSPS) is 12.9. The summed E-state index contributed by atoms with van der Waals surface area (Å²) in [6, 6.07) is 8.16. The molecule has 3 nitrogen and oxygen atoms in total. The highest BCUT2D eigenvalue weighted by atomic mass is 16.5. The van der Waals surface area contributed by atoms with Gasteiger partial charge in [-0.1, -0.05) is 25.1 Å². The molecule has 1 aromatic carbocycles. The predicted octanol–water partition coefficient (Wildman–Crippen LogP) is 2.39. The standard InChI is InChI=1S/C12H20N2O/c1-4-11(14-13)10-7-5-6-8-12(10)15-9(2)3/h5-9,11,14H,4,13H2,1-3H3. The fraction of sp³-hybridized carbons (Fsp3) is 0.500. The van der Waals surface area contributed by atoms with Crippen LogP contribution >= 0.6 is 0 Å². The summed E-state index contributed by atoms with van der Waals surface area (Å²) in [7, 11) is 0. The Kier molecular flexibility index (Phi) is 4.59. The minimum absolute atomic E-state index is 0.153. The molecule has 15 heavy (non-hydrogen) atoms. The van der Waals surface area contributed by atoms with E-state index in [0.717, 1.165) is 17.7 Å². The largest absolute Gasteiger partial charge is 0.491 e. The average molecular weight is 208 g/mol. The molecule has 3 heteroatoms. The van der Waals surface area contributed by atoms with Crippen molar-refractivity contribution in [3.63, 3.8) is 0 Å². The van der Waals surface area contributed by atoms with Gasteiger partial charge in [0.05, 0.1) is 6.10 Å². The predicted molar refractivity (Wildman–Crippen MR) is 62.6 cm³/mol. The van der Waals surface area contributed by atoms with E-state index in [0.29, 0.717) is 0 Å². The quantitative estimate of drug-likeness (QED) is 0.577. The van der Waals surface area contributed by atoms with Crippen LogP contribution in [-0.4, -0.2) is 6.10 Å². The molecule has 84 valence electrons. The van der Waals surface area contributed by atoms with Gasteiger partial charge >= 0.3 is 0 Å². The van der Waals surface area contributed by atoms with Crippen molar-refractivity contribution in [3.05, 3.63) is 29.8 Å². The topological polar surface area (TPSA) is 47.3 Å². The maximum absolute atomic E-state index is 5.73. The van der Waals surface area contributed by atoms with Crippen LogP contribution < -0.4 is 16.0 Å². The van der Waals surface area contributed by atoms with Gasteiger partial charge in [-0.15, -0.1) is 0 Å². The van der Waals surface area contributed by atoms with Crippen LogP contribution in [-0.2, 0) is 0 Å². The fourth-order valence-electron chi connectivity index (χ4n) is 1.56. The Balaban J connectivity index is 2.94. The van der Waals surface area contributed by atoms with Crippen molar-refractivity contribution in [2.45, 2.75) is 39.3 Å². The highest BCUT2D eigenvalue weighted by molar-refractivity contribution is 5.35. The summed E-state index contributed by atoms with van der Waals surface area (Å²) < 4.78 is 5.73. The van der Waals surface area contributed by atoms with Gasteiger partial charge in [0.2, 0.25) is 0 Å². The lowest BCUT2D eigenvalue weighted by Gasteiger charge is -2.19. The molecule has 0 aliphatic heterocycles. The first-order valence-electron chi connectivity index (χ1n) is 5.40. The lowest BCUT2D eigenvalue weighted by atomic mass is 10.0. The number of ether oxygens (including phenoxy) is 1. The first-order valence-corrected chi connectivity index (χ1v) is 5.40. The molecule has 0 amide bonds. The number of hydrogen-bond donors (Lipinski definition) is 2. The van der Waals surface area contributed by atoms with Crippen LogP contribution in [0.3, 0.4) is 0 Å². The van der Waals surface area contributed by atoms with E-state index in [4.69, 9.17) is 10.6 Å². The van der Waals surface area contributed by atoms with Gasteiger partial charge in [0.25, 0.3) is 0 Å². The van der Waals surface area contributed by atoms with Crippen molar-refractivity contribution in [2.75, 3.05) is 0 Å². The maximum Gasteiger partial charge on any atom is 0.124 e. The Morgan fingerprint density at radius 1 is 1.33 bits per heavy atom. The third-order valence-electron chi connectivity index (χ3n) is 2.27. The maximum atomic E-state index is 5.73. The summed E-state index contributed by atoms with van der Waals surface area (Å²) in [6.45, 7) is 6.14. The lowest BCUT2D eigenvalue weighted by molar-refractivity contribution is 0.237. The molecule has 0 radical (unpaired) electrons. The van der Waals surface area contributed by atoms with E-state index >= 15 is 0 Å². The third kappa shape index (κ3) is 3.22. The van der Waals surface area contributed by atoms with E-state index in [-0.39, 0.29) is 12.1 Å². The molecule has 1 unspecified atom stereocenters. The Labute approximate surface area is 91.6 Å². The zero-order chi connectivity index (χ0) is 11.3. The Bertz CT molecular complexity index is 295. The molecule has 0 heterocycles. The van der Waals surface area contributed by atoms with Gasteiger partial charge in [-0.2, -0.15) is 0 Å². The van der Waals surface area contributed by atoms with Crippen LogP contribution in [0.25, 0.3) is 0 Å². The van der Waals surface area contributed by atoms with Gasteiger partial charge < -0.3 is 4.74 Å². The average Bonchev–Trinajstić information content (AvgIpc) is 2.21. The van der Waals surface area contributed by atoms with E-state index in [2.05, 4.69) is 12.3 Å². The van der Waals surface area contributed by atoms with Gasteiger partial charge in [-0.05, 0) is 26.3 Å². The summed E-state index contributed by atoms with van der Waals surface area (Å²) in [5, 5.41) is 0. The van der Waals surface area contributed by atoms with E-state index < -0.39 is 0 Å². The number of nitrogens with one attached hydrogen (secondary N) is 1. The van der Waals surface area contributed by atoms with Gasteiger partial charge in [-0.3, -0.25) is 11.3 Å². The second kappa shape index (κ2) is 5.73. The SMILES string of the molecule is CCC(NN)c1ccccc1OC(C)C. The number of rotatable bonds is 5. The van der Waals surface area contributed by atoms with E-state index in [9.17, 15) is 0 Å². The molecular formula is C12H20N2O. The van der Waals surface area contributed by atoms with Crippen molar-refractivity contribution in [1.29, 1.82) is 0 Å². The number of hydrogen-bond acceptors (Lipinski definition) is 3. The zero-order valence-corrected chi connectivity index (χ0v) is 9.66. The molecule has 1 rings (SSSR count). The fourth-order valence-corrected chi connectivity index (χ4v) is 1.56. The summed E-state index contributed by atoms with van der Waals surface area (Å²) in [5.41, 5.74) is 3.92. The summed E-state index contributed by atoms with van der Waals surface area (Å²) in [4.78, 5) is 0. The van der Waals surface area contributed by atoms with Crippen LogP contribution in [0.15, 0.2) is 24.3 Å². The highest BCUT2D eigenvalue weighted by Gasteiger charge is 2.12. The van der Waals surface area contributed by atoms with Crippen molar-refractivity contribution in [1.82, 2.24) is 5.43 Å². The van der Waals surface area contributed by atoms with Gasteiger partial charge in [0.1, 0.15) is 5.75 Å². The van der Waals surface area contributed by atoms with Crippen LogP contribution in [0, 0.1) is 0 Å². The molecule has 0 fully saturated rings. The molecule has 1 atom stereocenters. The van der Waals surface area contributed by atoms with E-state index in [1.807, 2.05) is 38.1 Å². The van der Waals surface area contributed by atoms with Gasteiger partial charge in [0.15, 0.2) is 0 Å². The lowest BCUT2D eigenvalue weighted by Crippen LogP contribution is -2.28. The van der Waals surface area contributed by atoms with Crippen LogP contribution in [0.4, 0.5) is 0 Å². The number of para-hydroxylation sites is 1. The number of nitrogens with two attached hydrogens (primary N) is 1. The van der Waals surface area contributed by atoms with E-state index in [1.165, 1.54) is 0 Å². The minimum Gasteiger partial charge on any atom is -0.491 e. The van der Waals surface area contributed by atoms with Crippen LogP contribution in [0.5, 0.6) is 5.75 Å². The van der Waals surface area contributed by atoms with Crippen molar-refractivity contribution in [2.24, 2.45) is 5.84 Å². The summed E-state index contributed by atoms with van der Waals surface area (Å²) in [6.07, 6.45) is 1.12. The monoisotopic (exact) mass is 208 g/mol. The number of hydrazine groups is 1. The first-order chi connectivity index (χ1) is 7.19. The van der Waals surface area contributed by atoms with Crippen LogP contribution in [0.1, 0.15) is 38.8 Å². The Hall–Kier alpha value is -1.06. The van der Waals surface area contributed by atoms with Gasteiger partial charge in [0, 0.05) is 11.6 Å². The third-order valence-corrected chi connectivity index (χ3v) is 2.27. The second-order valence-electron chi connectivity index (χ2n) is 3.83. The smallest absolute Gasteiger partial charge is 0.124 e. The van der Waals surface area contributed by atoms with Crippen molar-refractivity contribution in [3.8, 4) is 5.75 Å². The van der Waals surface area contributed by atoms with Crippen LogP contribution in [0.2, 0.25) is 0 Å². The van der Waals surface area contributed by atoms with Gasteiger partial charge in [-0.25, -0.2) is 0 Å².